The summed E-state index contributed by atoms with van der Waals surface area (Å²) in [6.45, 7) is 2.95. The molecule has 0 spiro atoms. The molecule has 0 amide bonds. The van der Waals surface area contributed by atoms with Crippen LogP contribution in [0.5, 0.6) is 0 Å². The first kappa shape index (κ1) is 12.7. The van der Waals surface area contributed by atoms with E-state index in [-0.39, 0.29) is 5.56 Å². The molecular weight excluding hydrogens is 228 g/mol. The molecule has 98 valence electrons. The summed E-state index contributed by atoms with van der Waals surface area (Å²) in [5.41, 5.74) is 7.46. The van der Waals surface area contributed by atoms with Crippen LogP contribution in [0.4, 0.5) is 11.4 Å². The molecule has 0 bridgehead atoms. The summed E-state index contributed by atoms with van der Waals surface area (Å²) in [5, 5.41) is 9.11. The summed E-state index contributed by atoms with van der Waals surface area (Å²) >= 11 is 0. The van der Waals surface area contributed by atoms with E-state index in [0.29, 0.717) is 11.7 Å². The fraction of sp³-hybridized carbons (Fsp3) is 0.500. The van der Waals surface area contributed by atoms with Crippen molar-refractivity contribution in [3.8, 4) is 0 Å². The highest BCUT2D eigenvalue weighted by Gasteiger charge is 2.24. The van der Waals surface area contributed by atoms with Gasteiger partial charge in [-0.1, -0.05) is 18.9 Å². The van der Waals surface area contributed by atoms with E-state index in [2.05, 4.69) is 11.8 Å². The first-order valence-corrected chi connectivity index (χ1v) is 6.53. The van der Waals surface area contributed by atoms with Gasteiger partial charge in [-0.15, -0.1) is 0 Å². The number of carboxylic acid groups (broad SMARTS) is 1. The zero-order valence-electron chi connectivity index (χ0n) is 10.7. The second-order valence-corrected chi connectivity index (χ2v) is 4.77. The second-order valence-electron chi connectivity index (χ2n) is 4.77. The molecule has 1 fully saturated rings. The number of nitrogens with two attached hydrogens (primary N) is 1. The molecule has 1 aliphatic rings. The highest BCUT2D eigenvalue weighted by Crippen LogP contribution is 2.33. The Balaban J connectivity index is 2.35. The molecule has 2 rings (SSSR count). The topological polar surface area (TPSA) is 66.6 Å². The fourth-order valence-electron chi connectivity index (χ4n) is 2.83. The number of nitrogens with zero attached hydrogens (tertiary/aromatic N) is 1. The smallest absolute Gasteiger partial charge is 0.337 e. The summed E-state index contributed by atoms with van der Waals surface area (Å²) in [7, 11) is 0. The van der Waals surface area contributed by atoms with E-state index in [1.165, 1.54) is 25.7 Å². The fourth-order valence-corrected chi connectivity index (χ4v) is 2.83. The van der Waals surface area contributed by atoms with Gasteiger partial charge in [-0.3, -0.25) is 0 Å². The van der Waals surface area contributed by atoms with Gasteiger partial charge < -0.3 is 15.7 Å². The van der Waals surface area contributed by atoms with Crippen molar-refractivity contribution < 1.29 is 9.90 Å². The molecule has 0 heterocycles. The minimum absolute atomic E-state index is 0.198. The quantitative estimate of drug-likeness (QED) is 0.804. The Bertz CT molecular complexity index is 439. The minimum atomic E-state index is -0.961. The Kier molecular flexibility index (Phi) is 3.75. The molecule has 0 aromatic heterocycles. The summed E-state index contributed by atoms with van der Waals surface area (Å²) < 4.78 is 0. The molecule has 1 saturated carbocycles. The molecule has 0 aliphatic heterocycles. The number of carboxylic acids is 1. The number of aromatic carboxylic acids is 1. The molecule has 4 heteroatoms. The van der Waals surface area contributed by atoms with Gasteiger partial charge >= 0.3 is 5.97 Å². The van der Waals surface area contributed by atoms with Crippen LogP contribution in [-0.2, 0) is 0 Å². The summed E-state index contributed by atoms with van der Waals surface area (Å²) in [4.78, 5) is 13.4. The average Bonchev–Trinajstić information content (AvgIpc) is 2.85. The number of rotatable bonds is 4. The van der Waals surface area contributed by atoms with Gasteiger partial charge in [0.25, 0.3) is 0 Å². The van der Waals surface area contributed by atoms with Crippen LogP contribution in [-0.4, -0.2) is 23.7 Å². The molecule has 3 N–H and O–H groups in total. The van der Waals surface area contributed by atoms with Crippen LogP contribution < -0.4 is 10.6 Å². The number of hydrogen-bond acceptors (Lipinski definition) is 3. The third-order valence-electron chi connectivity index (χ3n) is 3.73. The lowest BCUT2D eigenvalue weighted by molar-refractivity contribution is 0.0698. The molecule has 1 aromatic carbocycles. The lowest BCUT2D eigenvalue weighted by atomic mass is 10.1. The van der Waals surface area contributed by atoms with Crippen molar-refractivity contribution in [1.82, 2.24) is 0 Å². The Labute approximate surface area is 107 Å². The van der Waals surface area contributed by atoms with E-state index in [4.69, 9.17) is 10.8 Å². The zero-order chi connectivity index (χ0) is 13.1. The third kappa shape index (κ3) is 2.28. The van der Waals surface area contributed by atoms with Crippen molar-refractivity contribution in [2.24, 2.45) is 0 Å². The van der Waals surface area contributed by atoms with Gasteiger partial charge in [0.2, 0.25) is 0 Å². The van der Waals surface area contributed by atoms with Gasteiger partial charge in [-0.2, -0.15) is 0 Å². The van der Waals surface area contributed by atoms with Crippen LogP contribution >= 0.6 is 0 Å². The monoisotopic (exact) mass is 248 g/mol. The van der Waals surface area contributed by atoms with Crippen LogP contribution in [0.15, 0.2) is 18.2 Å². The van der Waals surface area contributed by atoms with Crippen molar-refractivity contribution in [3.05, 3.63) is 23.8 Å². The molecular formula is C14H20N2O2. The first-order chi connectivity index (χ1) is 8.65. The van der Waals surface area contributed by atoms with Gasteiger partial charge in [0.1, 0.15) is 0 Å². The number of anilines is 2. The van der Waals surface area contributed by atoms with Gasteiger partial charge in [0.15, 0.2) is 0 Å². The van der Waals surface area contributed by atoms with Crippen molar-refractivity contribution in [2.75, 3.05) is 17.2 Å². The van der Waals surface area contributed by atoms with Crippen molar-refractivity contribution in [1.29, 1.82) is 0 Å². The molecule has 18 heavy (non-hydrogen) atoms. The Morgan fingerprint density at radius 2 is 2.11 bits per heavy atom. The standard InChI is InChI=1S/C14H20N2O2/c1-2-16(10-6-3-4-7-10)12-9-5-8-11(13(12)15)14(17)18/h5,8-10H,2-4,6-7,15H2,1H3,(H,17,18). The Morgan fingerprint density at radius 1 is 1.44 bits per heavy atom. The van der Waals surface area contributed by atoms with Crippen molar-refractivity contribution in [3.63, 3.8) is 0 Å². The van der Waals surface area contributed by atoms with E-state index in [1.807, 2.05) is 6.07 Å². The minimum Gasteiger partial charge on any atom is -0.478 e. The van der Waals surface area contributed by atoms with Crippen LogP contribution in [0, 0.1) is 0 Å². The van der Waals surface area contributed by atoms with Crippen molar-refractivity contribution in [2.45, 2.75) is 38.6 Å². The van der Waals surface area contributed by atoms with E-state index < -0.39 is 5.97 Å². The zero-order valence-corrected chi connectivity index (χ0v) is 10.7. The summed E-state index contributed by atoms with van der Waals surface area (Å²) in [5.74, 6) is -0.961. The number of benzene rings is 1. The second kappa shape index (κ2) is 5.29. The Hall–Kier alpha value is -1.71. The number of hydrogen-bond donors (Lipinski definition) is 2. The molecule has 4 nitrogen and oxygen atoms in total. The molecule has 1 aliphatic carbocycles. The highest BCUT2D eigenvalue weighted by molar-refractivity contribution is 5.97. The van der Waals surface area contributed by atoms with Gasteiger partial charge in [-0.25, -0.2) is 4.79 Å². The van der Waals surface area contributed by atoms with Gasteiger partial charge in [-0.05, 0) is 31.9 Å². The SMILES string of the molecule is CCN(c1cccc(C(=O)O)c1N)C1CCCC1. The van der Waals surface area contributed by atoms with Crippen LogP contribution in [0.2, 0.25) is 0 Å². The lowest BCUT2D eigenvalue weighted by Gasteiger charge is -2.31. The number of carbonyl (C=O) groups is 1. The predicted molar refractivity (Wildman–Crippen MR) is 73.1 cm³/mol. The number of nitrogen functional groups attached to an aromatic ring is 1. The van der Waals surface area contributed by atoms with Crippen LogP contribution in [0.3, 0.4) is 0 Å². The maximum Gasteiger partial charge on any atom is 0.337 e. The molecule has 1 aromatic rings. The van der Waals surface area contributed by atoms with E-state index in [9.17, 15) is 4.79 Å². The molecule has 0 radical (unpaired) electrons. The molecule has 0 saturated heterocycles. The maximum absolute atomic E-state index is 11.1. The maximum atomic E-state index is 11.1. The average molecular weight is 248 g/mol. The largest absolute Gasteiger partial charge is 0.478 e. The van der Waals surface area contributed by atoms with Crippen LogP contribution in [0.1, 0.15) is 43.0 Å². The first-order valence-electron chi connectivity index (χ1n) is 6.53. The number of para-hydroxylation sites is 1. The van der Waals surface area contributed by atoms with Crippen molar-refractivity contribution >= 4 is 17.3 Å². The molecule has 0 unspecified atom stereocenters. The van der Waals surface area contributed by atoms with Gasteiger partial charge in [0.05, 0.1) is 16.9 Å². The predicted octanol–water partition coefficient (Wildman–Crippen LogP) is 2.74. The molecule has 0 atom stereocenters. The van der Waals surface area contributed by atoms with E-state index in [0.717, 1.165) is 12.2 Å². The third-order valence-corrected chi connectivity index (χ3v) is 3.73. The Morgan fingerprint density at radius 3 is 2.67 bits per heavy atom. The van der Waals surface area contributed by atoms with E-state index >= 15 is 0 Å². The van der Waals surface area contributed by atoms with E-state index in [1.54, 1.807) is 12.1 Å². The van der Waals surface area contributed by atoms with Gasteiger partial charge in [0, 0.05) is 12.6 Å². The van der Waals surface area contributed by atoms with Crippen LogP contribution in [0.25, 0.3) is 0 Å². The summed E-state index contributed by atoms with van der Waals surface area (Å²) in [6.07, 6.45) is 4.84. The highest BCUT2D eigenvalue weighted by atomic mass is 16.4. The summed E-state index contributed by atoms with van der Waals surface area (Å²) in [6, 6.07) is 5.75. The lowest BCUT2D eigenvalue weighted by Crippen LogP contribution is -2.33. The normalized spacial score (nSPS) is 15.8.